The van der Waals surface area contributed by atoms with Gasteiger partial charge in [0, 0.05) is 72.0 Å². The number of carbonyl (C=O) groups excluding carboxylic acids is 8. The van der Waals surface area contributed by atoms with Crippen molar-refractivity contribution in [3.05, 3.63) is 120 Å². The lowest BCUT2D eigenvalue weighted by Crippen LogP contribution is -2.59. The summed E-state index contributed by atoms with van der Waals surface area (Å²) in [5.41, 5.74) is 15.1. The highest BCUT2D eigenvalue weighted by Crippen LogP contribution is 2.24. The van der Waals surface area contributed by atoms with Crippen LogP contribution in [0.3, 0.4) is 0 Å². The van der Waals surface area contributed by atoms with Crippen LogP contribution in [0.2, 0.25) is 0 Å². The third kappa shape index (κ3) is 18.2. The summed E-state index contributed by atoms with van der Waals surface area (Å²) in [6.07, 6.45) is 7.20. The Labute approximate surface area is 480 Å². The molecule has 4 aromatic heterocycles. The minimum Gasteiger partial charge on any atom is -0.394 e. The van der Waals surface area contributed by atoms with Gasteiger partial charge in [0.2, 0.25) is 35.4 Å². The molecule has 438 valence electrons. The molecule has 0 radical (unpaired) electrons. The lowest BCUT2D eigenvalue weighted by Gasteiger charge is -2.25. The summed E-state index contributed by atoms with van der Waals surface area (Å²) >= 11 is 0. The number of amides is 8. The van der Waals surface area contributed by atoms with Crippen LogP contribution in [0.1, 0.15) is 70.2 Å². The van der Waals surface area contributed by atoms with Crippen LogP contribution in [0.5, 0.6) is 0 Å². The van der Waals surface area contributed by atoms with Crippen molar-refractivity contribution >= 4 is 90.7 Å². The van der Waals surface area contributed by atoms with E-state index in [-0.39, 0.29) is 61.7 Å². The van der Waals surface area contributed by atoms with E-state index in [9.17, 15) is 48.6 Å². The van der Waals surface area contributed by atoms with E-state index in [4.69, 9.17) is 11.5 Å². The number of hydrogen-bond acceptors (Lipinski definition) is 18. The molecule has 6 rings (SSSR count). The number of pyridine rings is 2. The second kappa shape index (κ2) is 32.4. The van der Waals surface area contributed by atoms with Crippen molar-refractivity contribution in [2.24, 2.45) is 11.5 Å². The molecule has 26 nitrogen and oxygen atoms in total. The minimum absolute atomic E-state index is 0.0835. The summed E-state index contributed by atoms with van der Waals surface area (Å²) in [5.74, 6) is -6.31. The first-order valence-corrected chi connectivity index (χ1v) is 29.2. The zero-order valence-corrected chi connectivity index (χ0v) is 47.0. The predicted octanol–water partition coefficient (Wildman–Crippen LogP) is -1.03. The number of H-pyrrole nitrogens is 2. The Kier molecular flexibility index (Phi) is 25.0. The van der Waals surface area contributed by atoms with Gasteiger partial charge in [-0.05, 0) is 63.0 Å². The Hall–Kier alpha value is -8.02. The minimum atomic E-state index is -1.61. The number of aromatic amines is 2. The first kappa shape index (κ1) is 63.2. The lowest BCUT2D eigenvalue weighted by molar-refractivity contribution is -0.133. The van der Waals surface area contributed by atoms with E-state index in [2.05, 4.69) is 72.4 Å². The van der Waals surface area contributed by atoms with Crippen LogP contribution in [0, 0.1) is 0 Å². The van der Waals surface area contributed by atoms with Crippen LogP contribution in [0.25, 0.3) is 21.8 Å². The summed E-state index contributed by atoms with van der Waals surface area (Å²) in [4.78, 5) is 134. The summed E-state index contributed by atoms with van der Waals surface area (Å²) < 4.78 is 0. The third-order valence-electron chi connectivity index (χ3n) is 12.8. The number of nitrogens with zero attached hydrogens (tertiary/aromatic N) is 4. The second-order valence-electron chi connectivity index (χ2n) is 18.7. The molecule has 82 heavy (non-hydrogen) atoms. The number of benzene rings is 2. The van der Waals surface area contributed by atoms with Crippen molar-refractivity contribution in [3.8, 4) is 0 Å². The summed E-state index contributed by atoms with van der Waals surface area (Å²) in [7, 11) is 2.08. The number of aromatic nitrogens is 6. The van der Waals surface area contributed by atoms with Crippen LogP contribution in [0.4, 0.5) is 0 Å². The molecule has 2 aromatic carbocycles. The SMILES string of the molecule is CCc1nc2ccccc2cc1C(=O)N[C@@H](Cc1cnc[nH]1)C(=O)N[C@@H](CO)C(=O)N[C@@H](CSSC[C@H](NC(=O)[C@H](CO)NC(=O)[C@H](Cc1cnc[nH]1)NC(=O)c1cc2ccccc2nc1CC)C(=O)NCCCN)C(=O)NCCCN. The van der Waals surface area contributed by atoms with Crippen LogP contribution in [-0.2, 0) is 54.5 Å². The molecule has 4 heterocycles. The number of fused-ring (bicyclic) bond motifs is 2. The quantitative estimate of drug-likeness (QED) is 0.0173. The molecule has 16 N–H and O–H groups in total. The highest BCUT2D eigenvalue weighted by Gasteiger charge is 2.33. The Bertz CT molecular complexity index is 2910. The molecule has 0 spiro atoms. The van der Waals surface area contributed by atoms with E-state index in [1.165, 1.54) is 25.0 Å². The van der Waals surface area contributed by atoms with Gasteiger partial charge < -0.3 is 74.2 Å². The molecule has 28 heteroatoms. The second-order valence-corrected chi connectivity index (χ2v) is 21.3. The van der Waals surface area contributed by atoms with Gasteiger partial charge in [-0.2, -0.15) is 0 Å². The predicted molar refractivity (Wildman–Crippen MR) is 310 cm³/mol. The molecule has 0 aliphatic rings. The van der Waals surface area contributed by atoms with E-state index in [0.717, 1.165) is 21.6 Å². The first-order chi connectivity index (χ1) is 39.7. The van der Waals surface area contributed by atoms with E-state index in [0.29, 0.717) is 70.3 Å². The fourth-order valence-corrected chi connectivity index (χ4v) is 10.6. The van der Waals surface area contributed by atoms with Gasteiger partial charge in [0.05, 0.1) is 59.4 Å². The number of aliphatic hydroxyl groups excluding tert-OH is 2. The van der Waals surface area contributed by atoms with E-state index in [1.54, 1.807) is 12.1 Å². The average Bonchev–Trinajstić information content (AvgIpc) is 4.30. The molecule has 0 saturated carbocycles. The Morgan fingerprint density at radius 3 is 1.26 bits per heavy atom. The van der Waals surface area contributed by atoms with Gasteiger partial charge in [0.1, 0.15) is 36.3 Å². The lowest BCUT2D eigenvalue weighted by atomic mass is 10.0. The smallest absolute Gasteiger partial charge is 0.253 e. The van der Waals surface area contributed by atoms with Gasteiger partial charge in [0.25, 0.3) is 11.8 Å². The Morgan fingerprint density at radius 1 is 0.524 bits per heavy atom. The summed E-state index contributed by atoms with van der Waals surface area (Å²) in [6.45, 7) is 2.69. The fraction of sp³-hybridized carbons (Fsp3) is 0.407. The van der Waals surface area contributed by atoms with Gasteiger partial charge in [-0.25, -0.2) is 9.97 Å². The number of carbonyl (C=O) groups is 8. The van der Waals surface area contributed by atoms with E-state index in [1.807, 2.05) is 62.4 Å². The van der Waals surface area contributed by atoms with E-state index >= 15 is 0 Å². The van der Waals surface area contributed by atoms with Crippen molar-refractivity contribution in [1.29, 1.82) is 0 Å². The zero-order valence-electron chi connectivity index (χ0n) is 45.4. The number of nitrogens with one attached hydrogen (secondary N) is 10. The molecular weight excluding hydrogens is 1100 g/mol. The molecule has 0 saturated heterocycles. The molecular formula is C54H70N16O10S2. The van der Waals surface area contributed by atoms with Gasteiger partial charge in [0.15, 0.2) is 0 Å². The third-order valence-corrected chi connectivity index (χ3v) is 15.2. The molecule has 6 aromatic rings. The number of para-hydroxylation sites is 2. The monoisotopic (exact) mass is 1170 g/mol. The van der Waals surface area contributed by atoms with Gasteiger partial charge >= 0.3 is 0 Å². The van der Waals surface area contributed by atoms with Crippen LogP contribution in [0.15, 0.2) is 85.7 Å². The maximum absolute atomic E-state index is 14.0. The molecule has 0 bridgehead atoms. The van der Waals surface area contributed by atoms with Gasteiger partial charge in [-0.3, -0.25) is 48.3 Å². The normalized spacial score (nSPS) is 13.4. The summed E-state index contributed by atoms with van der Waals surface area (Å²) in [5, 5.41) is 43.5. The zero-order chi connectivity index (χ0) is 59.0. The molecule has 0 aliphatic heterocycles. The van der Waals surface area contributed by atoms with E-state index < -0.39 is 96.7 Å². The maximum Gasteiger partial charge on any atom is 0.253 e. The number of aryl methyl sites for hydroxylation is 2. The van der Waals surface area contributed by atoms with Crippen molar-refractivity contribution in [2.45, 2.75) is 88.6 Å². The average molecular weight is 1170 g/mol. The number of aliphatic hydroxyl groups is 2. The Morgan fingerprint density at radius 2 is 0.902 bits per heavy atom. The van der Waals surface area contributed by atoms with Crippen LogP contribution < -0.4 is 54.0 Å². The number of nitrogens with two attached hydrogens (primary N) is 2. The highest BCUT2D eigenvalue weighted by atomic mass is 33.1. The van der Waals surface area contributed by atoms with Gasteiger partial charge in [-0.1, -0.05) is 71.8 Å². The van der Waals surface area contributed by atoms with Crippen molar-refractivity contribution in [3.63, 3.8) is 0 Å². The van der Waals surface area contributed by atoms with Crippen molar-refractivity contribution in [1.82, 2.24) is 72.4 Å². The largest absolute Gasteiger partial charge is 0.394 e. The van der Waals surface area contributed by atoms with Crippen LogP contribution >= 0.6 is 21.6 Å². The van der Waals surface area contributed by atoms with Crippen LogP contribution in [-0.4, -0.2) is 175 Å². The highest BCUT2D eigenvalue weighted by molar-refractivity contribution is 8.76. The molecule has 6 atom stereocenters. The van der Waals surface area contributed by atoms with Crippen molar-refractivity contribution < 1.29 is 48.6 Å². The fourth-order valence-electron chi connectivity index (χ4n) is 8.32. The first-order valence-electron chi connectivity index (χ1n) is 26.7. The molecule has 0 aliphatic carbocycles. The molecule has 8 amide bonds. The Balaban J connectivity index is 1.11. The molecule has 0 fully saturated rings. The number of hydrogen-bond donors (Lipinski definition) is 14. The van der Waals surface area contributed by atoms with Gasteiger partial charge in [-0.15, -0.1) is 0 Å². The number of imidazole rings is 2. The number of rotatable bonds is 33. The maximum atomic E-state index is 14.0. The summed E-state index contributed by atoms with van der Waals surface area (Å²) in [6, 6.07) is 9.54. The topological polar surface area (TPSA) is 408 Å². The van der Waals surface area contributed by atoms with Crippen molar-refractivity contribution in [2.75, 3.05) is 50.9 Å². The standard InChI is InChI=1S/C54H70N16O10S2/c1-3-37-35(19-31-11-5-7-13-39(31)63-37)47(73)65-41(21-33-23-57-29-61-33)51(77)67-43(25-71)53(79)69-45(49(75)59-17-9-15-55)27-81-82-28-46(50(76)60-18-10-16-56)70-54(80)44(26-72)68-52(78)42(22-34-24-58-30-62-34)66-48(74)36-20-32-12-6-8-14-40(32)64-38(36)4-2/h5-8,11-14,19-20,23-24,29-30,41-46,71-72H,3-4,9-10,15-18,21-22,25-28,55-56H2,1-2H3,(H,57,61)(H,58,62)(H,59,75)(H,60,76)(H,65,73)(H,66,74)(H,67,77)(H,68,78)(H,69,79)(H,70,80)/t41-,42-,43-,44-,45-,46-/m0/s1. The molecule has 0 unspecified atom stereocenters.